The van der Waals surface area contributed by atoms with Crippen LogP contribution in [0.2, 0.25) is 0 Å². The van der Waals surface area contributed by atoms with Crippen molar-refractivity contribution < 1.29 is 34.1 Å². The van der Waals surface area contributed by atoms with Gasteiger partial charge in [-0.1, -0.05) is 24.3 Å². The number of rotatable bonds is 13. The molecule has 34 heavy (non-hydrogen) atoms. The first-order valence-electron chi connectivity index (χ1n) is 10.8. The highest BCUT2D eigenvalue weighted by atomic mass is 16.9. The second kappa shape index (κ2) is 13.1. The smallest absolute Gasteiger partial charge is 0.305 e. The summed E-state index contributed by atoms with van der Waals surface area (Å²) in [6.45, 7) is 3.56. The van der Waals surface area contributed by atoms with E-state index >= 15 is 0 Å². The predicted octanol–water partition coefficient (Wildman–Crippen LogP) is 2.79. The summed E-state index contributed by atoms with van der Waals surface area (Å²) < 4.78 is 10.3. The standard InChI is InChI=1S/C24H30N2O8/c1-17(2)25(24(29)20-9-4-19(5-10-20)15-34-26(30)31)14-21(27)16-33-22-11-6-18(7-12-22)8-13-23(28)32-3/h4-7,9-12,17,21,27H,8,13-16H2,1-3H3. The van der Waals surface area contributed by atoms with E-state index in [0.717, 1.165) is 5.56 Å². The Labute approximate surface area is 198 Å². The average Bonchev–Trinajstić information content (AvgIpc) is 2.83. The summed E-state index contributed by atoms with van der Waals surface area (Å²) in [7, 11) is 1.35. The third kappa shape index (κ3) is 8.70. The molecule has 0 saturated carbocycles. The van der Waals surface area contributed by atoms with Crippen molar-refractivity contribution in [1.82, 2.24) is 4.90 Å². The van der Waals surface area contributed by atoms with Gasteiger partial charge < -0.3 is 24.3 Å². The van der Waals surface area contributed by atoms with E-state index in [1.54, 1.807) is 36.4 Å². The molecule has 2 aromatic carbocycles. The molecular formula is C24H30N2O8. The van der Waals surface area contributed by atoms with Crippen LogP contribution in [0.1, 0.15) is 41.8 Å². The third-order valence-corrected chi connectivity index (χ3v) is 5.04. The van der Waals surface area contributed by atoms with Crippen molar-refractivity contribution in [3.05, 3.63) is 75.3 Å². The molecule has 0 aliphatic carbocycles. The minimum atomic E-state index is -0.918. The van der Waals surface area contributed by atoms with Gasteiger partial charge in [0.1, 0.15) is 25.1 Å². The van der Waals surface area contributed by atoms with Crippen molar-refractivity contribution in [2.24, 2.45) is 0 Å². The van der Waals surface area contributed by atoms with Gasteiger partial charge in [-0.2, -0.15) is 0 Å². The molecular weight excluding hydrogens is 444 g/mol. The number of aliphatic hydroxyl groups is 1. The fourth-order valence-corrected chi connectivity index (χ4v) is 3.14. The molecule has 0 heterocycles. The van der Waals surface area contributed by atoms with Crippen LogP contribution in [0.3, 0.4) is 0 Å². The maximum absolute atomic E-state index is 12.9. The van der Waals surface area contributed by atoms with Gasteiger partial charge in [0.15, 0.2) is 0 Å². The average molecular weight is 475 g/mol. The van der Waals surface area contributed by atoms with Crippen molar-refractivity contribution in [3.63, 3.8) is 0 Å². The van der Waals surface area contributed by atoms with E-state index < -0.39 is 11.2 Å². The van der Waals surface area contributed by atoms with Crippen LogP contribution in [-0.4, -0.2) is 59.4 Å². The monoisotopic (exact) mass is 474 g/mol. The van der Waals surface area contributed by atoms with Gasteiger partial charge in [-0.05, 0) is 55.7 Å². The summed E-state index contributed by atoms with van der Waals surface area (Å²) in [4.78, 5) is 40.3. The predicted molar refractivity (Wildman–Crippen MR) is 123 cm³/mol. The van der Waals surface area contributed by atoms with Crippen molar-refractivity contribution in [2.75, 3.05) is 20.3 Å². The summed E-state index contributed by atoms with van der Waals surface area (Å²) in [6, 6.07) is 13.3. The van der Waals surface area contributed by atoms with Crippen LogP contribution < -0.4 is 4.74 Å². The lowest BCUT2D eigenvalue weighted by atomic mass is 10.1. The fourth-order valence-electron chi connectivity index (χ4n) is 3.14. The lowest BCUT2D eigenvalue weighted by Gasteiger charge is -2.29. The Hall–Kier alpha value is -3.66. The second-order valence-corrected chi connectivity index (χ2v) is 7.93. The summed E-state index contributed by atoms with van der Waals surface area (Å²) >= 11 is 0. The van der Waals surface area contributed by atoms with Gasteiger partial charge in [-0.3, -0.25) is 9.59 Å². The number of esters is 1. The molecule has 10 heteroatoms. The van der Waals surface area contributed by atoms with Crippen molar-refractivity contribution in [1.29, 1.82) is 0 Å². The zero-order valence-corrected chi connectivity index (χ0v) is 19.5. The number of methoxy groups -OCH3 is 1. The fraction of sp³-hybridized carbons (Fsp3) is 0.417. The molecule has 0 fully saturated rings. The molecule has 0 spiro atoms. The van der Waals surface area contributed by atoms with Gasteiger partial charge in [0.2, 0.25) is 0 Å². The molecule has 0 aromatic heterocycles. The van der Waals surface area contributed by atoms with E-state index in [9.17, 15) is 24.8 Å². The SMILES string of the molecule is COC(=O)CCc1ccc(OCC(O)CN(C(=O)c2ccc(CO[N+](=O)[O-])cc2)C(C)C)cc1. The highest BCUT2D eigenvalue weighted by Crippen LogP contribution is 2.15. The molecule has 0 aliphatic heterocycles. The molecule has 10 nitrogen and oxygen atoms in total. The number of benzene rings is 2. The van der Waals surface area contributed by atoms with Crippen LogP contribution in [0.4, 0.5) is 0 Å². The molecule has 0 radical (unpaired) electrons. The van der Waals surface area contributed by atoms with Crippen LogP contribution in [0.25, 0.3) is 0 Å². The van der Waals surface area contributed by atoms with Crippen LogP contribution in [0.5, 0.6) is 5.75 Å². The number of nitrogens with zero attached hydrogens (tertiary/aromatic N) is 2. The number of hydrogen-bond donors (Lipinski definition) is 1. The van der Waals surface area contributed by atoms with Crippen molar-refractivity contribution in [2.45, 2.75) is 45.4 Å². The Morgan fingerprint density at radius 3 is 2.24 bits per heavy atom. The summed E-state index contributed by atoms with van der Waals surface area (Å²) in [5.74, 6) is 0.0223. The minimum absolute atomic E-state index is 0.00479. The lowest BCUT2D eigenvalue weighted by molar-refractivity contribution is -0.763. The molecule has 1 N–H and O–H groups in total. The van der Waals surface area contributed by atoms with E-state index in [2.05, 4.69) is 9.57 Å². The number of aliphatic hydroxyl groups excluding tert-OH is 1. The van der Waals surface area contributed by atoms with E-state index in [-0.39, 0.29) is 37.7 Å². The Morgan fingerprint density at radius 2 is 1.68 bits per heavy atom. The van der Waals surface area contributed by atoms with Crippen LogP contribution in [-0.2, 0) is 27.4 Å². The third-order valence-electron chi connectivity index (χ3n) is 5.04. The number of amides is 1. The largest absolute Gasteiger partial charge is 0.491 e. The van der Waals surface area contributed by atoms with Gasteiger partial charge in [0.25, 0.3) is 11.0 Å². The molecule has 0 saturated heterocycles. The van der Waals surface area contributed by atoms with E-state index in [0.29, 0.717) is 29.7 Å². The zero-order valence-electron chi connectivity index (χ0n) is 19.5. The molecule has 184 valence electrons. The molecule has 0 aliphatic rings. The van der Waals surface area contributed by atoms with Gasteiger partial charge >= 0.3 is 5.97 Å². The summed E-state index contributed by atoms with van der Waals surface area (Å²) in [5.41, 5.74) is 1.93. The molecule has 2 aromatic rings. The van der Waals surface area contributed by atoms with Gasteiger partial charge in [-0.15, -0.1) is 10.1 Å². The maximum atomic E-state index is 12.9. The number of carbonyl (C=O) groups is 2. The normalized spacial score (nSPS) is 11.6. The Kier molecular flexibility index (Phi) is 10.3. The van der Waals surface area contributed by atoms with E-state index in [1.807, 2.05) is 26.0 Å². The maximum Gasteiger partial charge on any atom is 0.305 e. The number of carbonyl (C=O) groups excluding carboxylic acids is 2. The van der Waals surface area contributed by atoms with Gasteiger partial charge in [0.05, 0.1) is 13.7 Å². The molecule has 2 rings (SSSR count). The van der Waals surface area contributed by atoms with Crippen LogP contribution in [0, 0.1) is 10.1 Å². The second-order valence-electron chi connectivity index (χ2n) is 7.93. The first-order chi connectivity index (χ1) is 16.2. The zero-order chi connectivity index (χ0) is 25.1. The summed E-state index contributed by atoms with van der Waals surface area (Å²) in [5, 5.41) is 19.9. The van der Waals surface area contributed by atoms with E-state index in [4.69, 9.17) is 4.74 Å². The van der Waals surface area contributed by atoms with Crippen molar-refractivity contribution >= 4 is 11.9 Å². The van der Waals surface area contributed by atoms with Crippen LogP contribution >= 0.6 is 0 Å². The van der Waals surface area contributed by atoms with E-state index in [1.165, 1.54) is 12.0 Å². The minimum Gasteiger partial charge on any atom is -0.491 e. The Balaban J connectivity index is 1.89. The quantitative estimate of drug-likeness (QED) is 0.267. The Bertz CT molecular complexity index is 944. The van der Waals surface area contributed by atoms with Gasteiger partial charge in [0, 0.05) is 18.0 Å². The number of hydrogen-bond acceptors (Lipinski definition) is 8. The highest BCUT2D eigenvalue weighted by molar-refractivity contribution is 5.94. The highest BCUT2D eigenvalue weighted by Gasteiger charge is 2.22. The van der Waals surface area contributed by atoms with Gasteiger partial charge in [-0.25, -0.2) is 0 Å². The number of aryl methyl sites for hydroxylation is 1. The van der Waals surface area contributed by atoms with Crippen molar-refractivity contribution in [3.8, 4) is 5.75 Å². The molecule has 1 unspecified atom stereocenters. The van der Waals surface area contributed by atoms with Crippen LogP contribution in [0.15, 0.2) is 48.5 Å². The molecule has 0 bridgehead atoms. The lowest BCUT2D eigenvalue weighted by Crippen LogP contribution is -2.43. The number of ether oxygens (including phenoxy) is 2. The summed E-state index contributed by atoms with van der Waals surface area (Å²) in [6.07, 6.45) is -0.0626. The Morgan fingerprint density at radius 1 is 1.06 bits per heavy atom. The molecule has 1 amide bonds. The first kappa shape index (κ1) is 26.6. The first-order valence-corrected chi connectivity index (χ1v) is 10.8. The topological polar surface area (TPSA) is 128 Å². The molecule has 1 atom stereocenters.